The molecule has 63 heavy (non-hydrogen) atoms. The number of imidazole rings is 1. The van der Waals surface area contributed by atoms with Crippen LogP contribution in [0.15, 0.2) is 59.7 Å². The molecule has 3 N–H and O–H groups in total. The normalized spacial score (nSPS) is 22.4. The van der Waals surface area contributed by atoms with Crippen LogP contribution in [0.3, 0.4) is 0 Å². The molecule has 4 aliphatic rings. The number of likely N-dealkylation sites (tertiary alicyclic amines) is 1. The van der Waals surface area contributed by atoms with E-state index in [0.29, 0.717) is 30.0 Å². The average Bonchev–Trinajstić information content (AvgIpc) is 3.76. The van der Waals surface area contributed by atoms with Crippen LogP contribution >= 0.6 is 0 Å². The number of benzene rings is 2. The van der Waals surface area contributed by atoms with Crippen LogP contribution in [-0.4, -0.2) is 126 Å². The van der Waals surface area contributed by atoms with Crippen molar-refractivity contribution in [2.45, 2.75) is 115 Å². The molecule has 0 radical (unpaired) electrons. The summed E-state index contributed by atoms with van der Waals surface area (Å²) < 4.78 is 11.7. The minimum atomic E-state index is -0.678. The van der Waals surface area contributed by atoms with E-state index >= 15 is 0 Å². The fraction of sp³-hybridized carbons (Fsp3) is 0.562. The molecule has 15 nitrogen and oxygen atoms in total. The van der Waals surface area contributed by atoms with Crippen molar-refractivity contribution in [1.29, 1.82) is 0 Å². The first-order valence-corrected chi connectivity index (χ1v) is 23.3. The number of aliphatic hydroxyl groups is 1. The third kappa shape index (κ3) is 9.63. The molecule has 2 atom stereocenters. The molecule has 3 saturated heterocycles. The lowest BCUT2D eigenvalue weighted by Crippen LogP contribution is -2.51. The fourth-order valence-electron chi connectivity index (χ4n) is 10.2. The third-order valence-electron chi connectivity index (χ3n) is 13.8. The maximum atomic E-state index is 13.1. The van der Waals surface area contributed by atoms with Gasteiger partial charge in [-0.1, -0.05) is 43.7 Å². The Morgan fingerprint density at radius 1 is 0.905 bits per heavy atom. The molecule has 6 heterocycles. The van der Waals surface area contributed by atoms with E-state index in [4.69, 9.17) is 14.7 Å². The first kappa shape index (κ1) is 43.3. The van der Waals surface area contributed by atoms with Crippen molar-refractivity contribution < 1.29 is 19.4 Å². The van der Waals surface area contributed by atoms with Crippen molar-refractivity contribution in [3.05, 3.63) is 76.5 Å². The number of aryl methyl sites for hydroxylation is 1. The summed E-state index contributed by atoms with van der Waals surface area (Å²) in [5.41, 5.74) is 6.99. The number of rotatable bonds is 16. The molecule has 1 aliphatic carbocycles. The van der Waals surface area contributed by atoms with Crippen LogP contribution in [0.2, 0.25) is 0 Å². The number of nitrogens with one attached hydrogen (secondary N) is 2. The number of fused-ring (bicyclic) bond motifs is 2. The largest absolute Gasteiger partial charge is 0.393 e. The number of aliphatic hydroxyl groups excluding tert-OH is 1. The number of anilines is 1. The van der Waals surface area contributed by atoms with E-state index < -0.39 is 11.9 Å². The van der Waals surface area contributed by atoms with Gasteiger partial charge in [-0.3, -0.25) is 33.8 Å². The first-order chi connectivity index (χ1) is 30.6. The van der Waals surface area contributed by atoms with Crippen LogP contribution in [0.25, 0.3) is 33.2 Å². The summed E-state index contributed by atoms with van der Waals surface area (Å²) in [4.78, 5) is 54.6. The number of hydrogen-bond acceptors (Lipinski definition) is 11. The number of ether oxygens (including phenoxy) is 1. The number of amides is 2. The molecule has 15 heteroatoms. The molecule has 5 aromatic rings. The molecule has 2 aromatic carbocycles. The molecule has 1 saturated carbocycles. The summed E-state index contributed by atoms with van der Waals surface area (Å²) in [6.07, 6.45) is 11.6. The highest BCUT2D eigenvalue weighted by atomic mass is 16.5. The molecular formula is C48H64N10O5. The van der Waals surface area contributed by atoms with Gasteiger partial charge >= 0.3 is 5.69 Å². The van der Waals surface area contributed by atoms with Gasteiger partial charge in [-0.05, 0) is 80.7 Å². The van der Waals surface area contributed by atoms with E-state index in [9.17, 15) is 19.5 Å². The van der Waals surface area contributed by atoms with E-state index in [1.54, 1.807) is 11.6 Å². The minimum absolute atomic E-state index is 0.202. The molecule has 0 spiro atoms. The Labute approximate surface area is 369 Å². The number of aromatic nitrogens is 5. The summed E-state index contributed by atoms with van der Waals surface area (Å²) in [6.45, 7) is 13.9. The third-order valence-corrected chi connectivity index (χ3v) is 13.8. The van der Waals surface area contributed by atoms with Gasteiger partial charge in [0.2, 0.25) is 17.8 Å². The van der Waals surface area contributed by atoms with Gasteiger partial charge < -0.3 is 24.6 Å². The Hall–Kier alpha value is -4.93. The molecule has 0 bridgehead atoms. The van der Waals surface area contributed by atoms with Crippen LogP contribution in [0.5, 0.6) is 0 Å². The predicted octanol–water partition coefficient (Wildman–Crippen LogP) is 5.21. The lowest BCUT2D eigenvalue weighted by Gasteiger charge is -2.39. The molecule has 9 rings (SSSR count). The standard InChI is InChI=1S/C48H64N10O5/c1-4-6-32(2)50-47-49-26-39-40(31-57(45(39)52-47)36-12-14-37(59)15-13-36)35-10-7-33(8-11-35)27-55-22-20-54(21-23-55)19-5-24-63-38-29-56(30-38)28-34-9-16-41-43(25-34)53(3)48(62)58(41)42-17-18-44(60)51-46(42)61/h7-11,16,25-26,31-32,36-38,42,59H,4-6,12-15,17-24,27-30H2,1-3H3,(H,49,50,52)(H,51,60,61)/t32-,36-,37-,42-/m0/s1. The fourth-order valence-corrected chi connectivity index (χ4v) is 10.2. The van der Waals surface area contributed by atoms with Gasteiger partial charge in [-0.15, -0.1) is 0 Å². The summed E-state index contributed by atoms with van der Waals surface area (Å²) in [6, 6.07) is 15.0. The number of carbonyl (C=O) groups is 2. The van der Waals surface area contributed by atoms with Crippen molar-refractivity contribution in [2.24, 2.45) is 7.05 Å². The van der Waals surface area contributed by atoms with Crippen LogP contribution in [-0.2, 0) is 34.5 Å². The second kappa shape index (κ2) is 19.0. The predicted molar refractivity (Wildman–Crippen MR) is 244 cm³/mol. The Kier molecular flexibility index (Phi) is 13.1. The number of piperazine rings is 1. The van der Waals surface area contributed by atoms with Crippen molar-refractivity contribution in [3.8, 4) is 11.1 Å². The zero-order valence-electron chi connectivity index (χ0n) is 37.2. The molecule has 2 amide bonds. The van der Waals surface area contributed by atoms with E-state index in [2.05, 4.69) is 74.2 Å². The highest BCUT2D eigenvalue weighted by Crippen LogP contribution is 2.37. The zero-order chi connectivity index (χ0) is 43.6. The average molecular weight is 861 g/mol. The quantitative estimate of drug-likeness (QED) is 0.0885. The number of nitrogens with zero attached hydrogens (tertiary/aromatic N) is 8. The molecule has 0 unspecified atom stereocenters. The van der Waals surface area contributed by atoms with Crippen LogP contribution < -0.4 is 16.3 Å². The van der Waals surface area contributed by atoms with Gasteiger partial charge in [-0.2, -0.15) is 4.98 Å². The maximum absolute atomic E-state index is 13.1. The lowest BCUT2D eigenvalue weighted by molar-refractivity contribution is -0.135. The monoisotopic (exact) mass is 861 g/mol. The van der Waals surface area contributed by atoms with Gasteiger partial charge in [0.25, 0.3) is 0 Å². The zero-order valence-corrected chi connectivity index (χ0v) is 37.2. The second-order valence-electron chi connectivity index (χ2n) is 18.5. The smallest absolute Gasteiger partial charge is 0.329 e. The molecule has 3 aliphatic heterocycles. The Morgan fingerprint density at radius 3 is 2.38 bits per heavy atom. The molecule has 3 aromatic heterocycles. The highest BCUT2D eigenvalue weighted by Gasteiger charge is 2.32. The number of hydrogen-bond donors (Lipinski definition) is 3. The molecule has 336 valence electrons. The van der Waals surface area contributed by atoms with Gasteiger partial charge in [-0.25, -0.2) is 9.78 Å². The highest BCUT2D eigenvalue weighted by molar-refractivity contribution is 6.00. The van der Waals surface area contributed by atoms with Crippen molar-refractivity contribution >= 4 is 39.8 Å². The van der Waals surface area contributed by atoms with Crippen molar-refractivity contribution in [2.75, 3.05) is 57.7 Å². The van der Waals surface area contributed by atoms with Crippen LogP contribution in [0.4, 0.5) is 5.95 Å². The SMILES string of the molecule is CCC[C@H](C)Nc1ncc2c(-c3ccc(CN4CCN(CCCOC5CN(Cc6ccc7c(c6)n(C)c(=O)n7[C@H]6CCC(=O)NC6=O)C5)CC4)cc3)cn([C@H]3CC[C@H](O)CC3)c2n1. The second-order valence-corrected chi connectivity index (χ2v) is 18.5. The van der Waals surface area contributed by atoms with Crippen LogP contribution in [0.1, 0.15) is 94.8 Å². The number of imide groups is 1. The van der Waals surface area contributed by atoms with Crippen molar-refractivity contribution in [3.63, 3.8) is 0 Å². The summed E-state index contributed by atoms with van der Waals surface area (Å²) in [7, 11) is 1.73. The Balaban J connectivity index is 0.709. The van der Waals surface area contributed by atoms with Gasteiger partial charge in [0, 0.05) is 114 Å². The number of piperidine rings is 1. The van der Waals surface area contributed by atoms with E-state index in [1.165, 1.54) is 15.7 Å². The number of carbonyl (C=O) groups excluding carboxylic acids is 2. The van der Waals surface area contributed by atoms with Gasteiger partial charge in [0.05, 0.1) is 23.2 Å². The molecule has 4 fully saturated rings. The van der Waals surface area contributed by atoms with Gasteiger partial charge in [0.1, 0.15) is 11.7 Å². The Bertz CT molecular complexity index is 2450. The van der Waals surface area contributed by atoms with E-state index in [1.807, 2.05) is 24.4 Å². The molecular weight excluding hydrogens is 797 g/mol. The first-order valence-electron chi connectivity index (χ1n) is 23.3. The summed E-state index contributed by atoms with van der Waals surface area (Å²) in [5, 5.41) is 17.2. The van der Waals surface area contributed by atoms with Crippen molar-refractivity contribution in [1.82, 2.24) is 43.7 Å². The lowest BCUT2D eigenvalue weighted by atomic mass is 9.93. The Morgan fingerprint density at radius 2 is 1.63 bits per heavy atom. The van der Waals surface area contributed by atoms with E-state index in [0.717, 1.165) is 138 Å². The van der Waals surface area contributed by atoms with Gasteiger partial charge in [0.15, 0.2) is 0 Å². The minimum Gasteiger partial charge on any atom is -0.393 e. The summed E-state index contributed by atoms with van der Waals surface area (Å²) >= 11 is 0. The topological polar surface area (TPSA) is 155 Å². The maximum Gasteiger partial charge on any atom is 0.329 e. The summed E-state index contributed by atoms with van der Waals surface area (Å²) in [5.74, 6) is -0.0297. The van der Waals surface area contributed by atoms with Crippen LogP contribution in [0, 0.1) is 0 Å². The van der Waals surface area contributed by atoms with E-state index in [-0.39, 0.29) is 30.2 Å².